The Morgan fingerprint density at radius 1 is 0.780 bits per heavy atom. The molecule has 0 spiro atoms. The molecule has 41 heavy (non-hydrogen) atoms. The molecule has 2 aliphatic heterocycles. The number of ether oxygens (including phenoxy) is 2. The first kappa shape index (κ1) is 28.2. The SMILES string of the molecule is COC(=O)C1CCCN1C(=O)C1=CC2=CC[C@@H]3[C@H](CC[C@]4(C)C(C(=O)N5CCCC5C(=O)OC)=CC[C@@H]34)[C@@]2(C)CC1. The summed E-state index contributed by atoms with van der Waals surface area (Å²) in [6.45, 7) is 5.87. The van der Waals surface area contributed by atoms with E-state index in [1.165, 1.54) is 19.8 Å². The van der Waals surface area contributed by atoms with Crippen LogP contribution in [0.3, 0.4) is 0 Å². The first-order valence-corrected chi connectivity index (χ1v) is 15.5. The van der Waals surface area contributed by atoms with Gasteiger partial charge in [-0.2, -0.15) is 0 Å². The summed E-state index contributed by atoms with van der Waals surface area (Å²) in [5.41, 5.74) is 2.79. The Bertz CT molecular complexity index is 1250. The van der Waals surface area contributed by atoms with Gasteiger partial charge in [-0.3, -0.25) is 9.59 Å². The Morgan fingerprint density at radius 3 is 2.05 bits per heavy atom. The maximum atomic E-state index is 13.8. The lowest BCUT2D eigenvalue weighted by Crippen LogP contribution is -2.51. The molecule has 0 aromatic heterocycles. The van der Waals surface area contributed by atoms with E-state index < -0.39 is 12.1 Å². The van der Waals surface area contributed by atoms with Crippen LogP contribution in [-0.4, -0.2) is 72.9 Å². The molecule has 8 nitrogen and oxygen atoms in total. The van der Waals surface area contributed by atoms with Crippen LogP contribution in [-0.2, 0) is 28.7 Å². The van der Waals surface area contributed by atoms with Crippen molar-refractivity contribution in [3.8, 4) is 0 Å². The van der Waals surface area contributed by atoms with Crippen molar-refractivity contribution in [2.75, 3.05) is 27.3 Å². The van der Waals surface area contributed by atoms with Gasteiger partial charge in [-0.1, -0.05) is 32.1 Å². The number of hydrogen-bond acceptors (Lipinski definition) is 6. The van der Waals surface area contributed by atoms with Gasteiger partial charge in [0, 0.05) is 29.7 Å². The normalized spacial score (nSPS) is 37.8. The van der Waals surface area contributed by atoms with Crippen LogP contribution in [0.5, 0.6) is 0 Å². The smallest absolute Gasteiger partial charge is 0.328 e. The topological polar surface area (TPSA) is 93.2 Å². The highest BCUT2D eigenvalue weighted by Gasteiger charge is 2.58. The number of fused-ring (bicyclic) bond motifs is 5. The van der Waals surface area contributed by atoms with E-state index in [0.717, 1.165) is 56.1 Å². The van der Waals surface area contributed by atoms with Crippen molar-refractivity contribution >= 4 is 23.8 Å². The molecular weight excluding hydrogens is 520 g/mol. The van der Waals surface area contributed by atoms with Gasteiger partial charge in [0.2, 0.25) is 0 Å². The molecule has 222 valence electrons. The second-order valence-electron chi connectivity index (χ2n) is 13.5. The molecule has 0 aromatic carbocycles. The average molecular weight is 565 g/mol. The fourth-order valence-corrected chi connectivity index (χ4v) is 9.51. The fourth-order valence-electron chi connectivity index (χ4n) is 9.51. The summed E-state index contributed by atoms with van der Waals surface area (Å²) in [5.74, 6) is 0.742. The van der Waals surface area contributed by atoms with Gasteiger partial charge >= 0.3 is 11.9 Å². The summed E-state index contributed by atoms with van der Waals surface area (Å²) in [4.78, 5) is 55.5. The molecule has 2 unspecified atom stereocenters. The van der Waals surface area contributed by atoms with Crippen molar-refractivity contribution in [1.82, 2.24) is 9.80 Å². The van der Waals surface area contributed by atoms with Crippen molar-refractivity contribution in [2.24, 2.45) is 28.6 Å². The van der Waals surface area contributed by atoms with Gasteiger partial charge in [-0.25, -0.2) is 9.59 Å². The van der Waals surface area contributed by atoms with Gasteiger partial charge in [0.25, 0.3) is 11.8 Å². The number of hydrogen-bond donors (Lipinski definition) is 0. The second kappa shape index (κ2) is 10.4. The van der Waals surface area contributed by atoms with Gasteiger partial charge in [-0.05, 0) is 93.0 Å². The van der Waals surface area contributed by atoms with Crippen LogP contribution in [0.15, 0.2) is 34.9 Å². The van der Waals surface area contributed by atoms with Gasteiger partial charge in [0.05, 0.1) is 14.2 Å². The highest BCUT2D eigenvalue weighted by Crippen LogP contribution is 2.65. The summed E-state index contributed by atoms with van der Waals surface area (Å²) in [6.07, 6.45) is 15.1. The molecule has 7 atom stereocenters. The highest BCUT2D eigenvalue weighted by molar-refractivity contribution is 5.98. The van der Waals surface area contributed by atoms with E-state index in [1.54, 1.807) is 9.80 Å². The number of carbonyl (C=O) groups is 4. The first-order valence-electron chi connectivity index (χ1n) is 15.5. The van der Waals surface area contributed by atoms with Crippen LogP contribution in [0.1, 0.15) is 78.1 Å². The summed E-state index contributed by atoms with van der Waals surface area (Å²) in [6, 6.07) is -0.946. The Morgan fingerprint density at radius 2 is 1.41 bits per heavy atom. The molecule has 2 amide bonds. The van der Waals surface area contributed by atoms with E-state index >= 15 is 0 Å². The number of nitrogens with zero attached hydrogens (tertiary/aromatic N) is 2. The van der Waals surface area contributed by atoms with Crippen LogP contribution in [0, 0.1) is 28.6 Å². The monoisotopic (exact) mass is 564 g/mol. The largest absolute Gasteiger partial charge is 0.467 e. The highest BCUT2D eigenvalue weighted by atomic mass is 16.5. The fraction of sp³-hybridized carbons (Fsp3) is 0.697. The zero-order valence-corrected chi connectivity index (χ0v) is 24.9. The number of methoxy groups -OCH3 is 2. The summed E-state index contributed by atoms with van der Waals surface area (Å²) in [5, 5.41) is 0. The van der Waals surface area contributed by atoms with E-state index in [0.29, 0.717) is 50.1 Å². The third-order valence-corrected chi connectivity index (χ3v) is 11.8. The van der Waals surface area contributed by atoms with Crippen LogP contribution in [0.2, 0.25) is 0 Å². The zero-order chi connectivity index (χ0) is 29.1. The van der Waals surface area contributed by atoms with E-state index in [9.17, 15) is 19.2 Å². The zero-order valence-electron chi connectivity index (χ0n) is 24.9. The second-order valence-corrected chi connectivity index (χ2v) is 13.5. The van der Waals surface area contributed by atoms with Crippen molar-refractivity contribution in [3.63, 3.8) is 0 Å². The van der Waals surface area contributed by atoms with Crippen LogP contribution in [0.4, 0.5) is 0 Å². The minimum atomic E-state index is -0.474. The molecule has 6 rings (SSSR count). The predicted molar refractivity (Wildman–Crippen MR) is 152 cm³/mol. The van der Waals surface area contributed by atoms with Crippen LogP contribution in [0.25, 0.3) is 0 Å². The molecule has 0 aromatic rings. The minimum Gasteiger partial charge on any atom is -0.467 e. The predicted octanol–water partition coefficient (Wildman–Crippen LogP) is 4.35. The van der Waals surface area contributed by atoms with Crippen LogP contribution >= 0.6 is 0 Å². The van der Waals surface area contributed by atoms with Gasteiger partial charge in [0.1, 0.15) is 12.1 Å². The quantitative estimate of drug-likeness (QED) is 0.472. The Kier molecular flexibility index (Phi) is 7.18. The molecule has 0 N–H and O–H groups in total. The average Bonchev–Trinajstić information content (AvgIpc) is 3.73. The maximum absolute atomic E-state index is 13.8. The molecule has 2 saturated heterocycles. The molecule has 8 heteroatoms. The molecule has 0 radical (unpaired) electrons. The lowest BCUT2D eigenvalue weighted by Gasteiger charge is -2.56. The molecule has 4 aliphatic carbocycles. The van der Waals surface area contributed by atoms with Gasteiger partial charge in [-0.15, -0.1) is 0 Å². The van der Waals surface area contributed by atoms with E-state index in [4.69, 9.17) is 9.47 Å². The van der Waals surface area contributed by atoms with Crippen molar-refractivity contribution in [1.29, 1.82) is 0 Å². The third-order valence-electron chi connectivity index (χ3n) is 11.8. The number of esters is 2. The van der Waals surface area contributed by atoms with Gasteiger partial charge < -0.3 is 19.3 Å². The van der Waals surface area contributed by atoms with Crippen LogP contribution < -0.4 is 0 Å². The summed E-state index contributed by atoms with van der Waals surface area (Å²) in [7, 11) is 2.78. The minimum absolute atomic E-state index is 0.00151. The summed E-state index contributed by atoms with van der Waals surface area (Å²) >= 11 is 0. The Hall–Kier alpha value is -2.90. The van der Waals surface area contributed by atoms with Crippen molar-refractivity contribution < 1.29 is 28.7 Å². The Balaban J connectivity index is 1.21. The number of rotatable bonds is 4. The number of allylic oxidation sites excluding steroid dienone is 4. The molecule has 3 fully saturated rings. The standard InChI is InChI=1S/C33H44N2O6/c1-32-15-13-20(28(36)34-17-5-7-26(34)30(38)40-3)19-21(32)9-10-22-23-11-12-25(33(23,2)16-14-24(22)32)29(37)35-18-6-8-27(35)31(39)41-4/h9,12,19,22-24,26-27H,5-8,10-11,13-18H2,1-4H3/t22-,23-,24-,26?,27?,32-,33-/m0/s1. The maximum Gasteiger partial charge on any atom is 0.328 e. The van der Waals surface area contributed by atoms with Crippen molar-refractivity contribution in [2.45, 2.75) is 90.1 Å². The molecule has 6 aliphatic rings. The number of carbonyl (C=O) groups excluding carboxylic acids is 4. The number of likely N-dealkylation sites (tertiary alicyclic amines) is 2. The number of amides is 2. The van der Waals surface area contributed by atoms with E-state index in [1.807, 2.05) is 0 Å². The molecule has 1 saturated carbocycles. The molecular formula is C33H44N2O6. The first-order chi connectivity index (χ1) is 19.6. The lowest BCUT2D eigenvalue weighted by atomic mass is 9.48. The Labute approximate surface area is 243 Å². The molecule has 0 bridgehead atoms. The van der Waals surface area contributed by atoms with E-state index in [2.05, 4.69) is 32.1 Å². The van der Waals surface area contributed by atoms with Crippen molar-refractivity contribution in [3.05, 3.63) is 34.9 Å². The van der Waals surface area contributed by atoms with E-state index in [-0.39, 0.29) is 34.6 Å². The summed E-state index contributed by atoms with van der Waals surface area (Å²) < 4.78 is 9.97. The third kappa shape index (κ3) is 4.30. The molecule has 2 heterocycles. The van der Waals surface area contributed by atoms with Gasteiger partial charge in [0.15, 0.2) is 0 Å². The lowest BCUT2D eigenvalue weighted by molar-refractivity contribution is -0.150.